The molecular weight excluding hydrogens is 284 g/mol. The van der Waals surface area contributed by atoms with Crippen molar-refractivity contribution < 1.29 is 19.1 Å². The fourth-order valence-corrected chi connectivity index (χ4v) is 3.38. The van der Waals surface area contributed by atoms with Crippen molar-refractivity contribution in [2.75, 3.05) is 6.54 Å². The van der Waals surface area contributed by atoms with Gasteiger partial charge in [0.25, 0.3) is 0 Å². The van der Waals surface area contributed by atoms with Gasteiger partial charge in [-0.25, -0.2) is 4.79 Å². The molecule has 3 atom stereocenters. The maximum atomic E-state index is 12.0. The number of ether oxygens (including phenoxy) is 1. The Balaban J connectivity index is 1.86. The molecule has 1 unspecified atom stereocenters. The molecule has 0 aromatic rings. The molecule has 1 heterocycles. The van der Waals surface area contributed by atoms with Gasteiger partial charge in [-0.3, -0.25) is 9.59 Å². The minimum Gasteiger partial charge on any atom is -0.462 e. The highest BCUT2D eigenvalue weighted by Gasteiger charge is 2.45. The molecule has 2 fully saturated rings. The lowest BCUT2D eigenvalue weighted by molar-refractivity contribution is -0.147. The smallest absolute Gasteiger partial charge is 0.318 e. The molecule has 2 aliphatic rings. The number of urea groups is 1. The van der Waals surface area contributed by atoms with E-state index in [1.165, 1.54) is 6.92 Å². The molecule has 0 radical (unpaired) electrons. The Bertz CT molecular complexity index is 438. The van der Waals surface area contributed by atoms with Gasteiger partial charge in [0.05, 0.1) is 12.1 Å². The van der Waals surface area contributed by atoms with Crippen molar-refractivity contribution in [2.24, 2.45) is 0 Å². The van der Waals surface area contributed by atoms with E-state index in [0.717, 1.165) is 25.7 Å². The van der Waals surface area contributed by atoms with Crippen LogP contribution in [-0.2, 0) is 14.3 Å². The van der Waals surface area contributed by atoms with Crippen LogP contribution in [0.25, 0.3) is 0 Å². The van der Waals surface area contributed by atoms with Crippen LogP contribution < -0.4 is 5.32 Å². The van der Waals surface area contributed by atoms with Crippen LogP contribution in [0.5, 0.6) is 0 Å². The second-order valence-electron chi connectivity index (χ2n) is 6.28. The van der Waals surface area contributed by atoms with Crippen LogP contribution in [0.4, 0.5) is 4.79 Å². The Morgan fingerprint density at radius 1 is 1.32 bits per heavy atom. The van der Waals surface area contributed by atoms with Gasteiger partial charge in [-0.05, 0) is 12.8 Å². The lowest BCUT2D eigenvalue weighted by Gasteiger charge is -2.24. The molecule has 22 heavy (non-hydrogen) atoms. The Hall–Kier alpha value is -1.59. The van der Waals surface area contributed by atoms with Gasteiger partial charge < -0.3 is 15.0 Å². The summed E-state index contributed by atoms with van der Waals surface area (Å²) in [5, 5.41) is 2.87. The molecule has 0 aromatic heterocycles. The highest BCUT2D eigenvalue weighted by atomic mass is 16.5. The summed E-state index contributed by atoms with van der Waals surface area (Å²) in [6.07, 6.45) is 5.45. The number of unbranched alkanes of at least 4 members (excludes halogenated alkanes) is 2. The normalized spacial score (nSPS) is 25.1. The van der Waals surface area contributed by atoms with E-state index in [-0.39, 0.29) is 36.0 Å². The maximum absolute atomic E-state index is 12.0. The van der Waals surface area contributed by atoms with Crippen LogP contribution in [0.3, 0.4) is 0 Å². The van der Waals surface area contributed by atoms with Crippen molar-refractivity contribution >= 4 is 17.8 Å². The first-order valence-corrected chi connectivity index (χ1v) is 8.27. The van der Waals surface area contributed by atoms with Gasteiger partial charge in [-0.1, -0.05) is 19.8 Å². The number of ketones is 1. The third-order valence-corrected chi connectivity index (χ3v) is 4.47. The number of esters is 1. The van der Waals surface area contributed by atoms with E-state index in [9.17, 15) is 14.4 Å². The van der Waals surface area contributed by atoms with E-state index < -0.39 is 0 Å². The fraction of sp³-hybridized carbons (Fsp3) is 0.812. The summed E-state index contributed by atoms with van der Waals surface area (Å²) in [7, 11) is 0. The molecule has 2 rings (SSSR count). The van der Waals surface area contributed by atoms with Crippen molar-refractivity contribution in [3.8, 4) is 0 Å². The summed E-state index contributed by atoms with van der Waals surface area (Å²) in [4.78, 5) is 36.5. The second kappa shape index (κ2) is 7.61. The zero-order chi connectivity index (χ0) is 16.1. The Kier molecular flexibility index (Phi) is 5.80. The zero-order valence-corrected chi connectivity index (χ0v) is 13.5. The Labute approximate surface area is 131 Å². The number of nitrogens with one attached hydrogen (secondary N) is 1. The van der Waals surface area contributed by atoms with Crippen LogP contribution in [0.2, 0.25) is 0 Å². The Morgan fingerprint density at radius 3 is 2.77 bits per heavy atom. The van der Waals surface area contributed by atoms with Crippen LogP contribution in [-0.4, -0.2) is 47.4 Å². The monoisotopic (exact) mass is 310 g/mol. The predicted molar refractivity (Wildman–Crippen MR) is 81.4 cm³/mol. The minimum absolute atomic E-state index is 0.0198. The summed E-state index contributed by atoms with van der Waals surface area (Å²) in [6, 6.07) is -0.154. The molecule has 0 bridgehead atoms. The summed E-state index contributed by atoms with van der Waals surface area (Å²) in [5.41, 5.74) is 0. The lowest BCUT2D eigenvalue weighted by atomic mass is 10.1. The molecule has 2 amide bonds. The average molecular weight is 310 g/mol. The number of rotatable bonds is 8. The number of fused-ring (bicyclic) bond motifs is 1. The van der Waals surface area contributed by atoms with E-state index >= 15 is 0 Å². The summed E-state index contributed by atoms with van der Waals surface area (Å²) in [5.74, 6) is -0.0687. The van der Waals surface area contributed by atoms with Gasteiger partial charge in [0.1, 0.15) is 11.9 Å². The molecule has 6 nitrogen and oxygen atoms in total. The molecule has 1 saturated carbocycles. The second-order valence-corrected chi connectivity index (χ2v) is 6.28. The molecule has 124 valence electrons. The first-order valence-electron chi connectivity index (χ1n) is 8.27. The van der Waals surface area contributed by atoms with Crippen molar-refractivity contribution in [3.63, 3.8) is 0 Å². The van der Waals surface area contributed by atoms with Crippen molar-refractivity contribution in [3.05, 3.63) is 0 Å². The van der Waals surface area contributed by atoms with E-state index in [2.05, 4.69) is 12.2 Å². The van der Waals surface area contributed by atoms with Gasteiger partial charge in [0.2, 0.25) is 0 Å². The standard InChI is InChI=1S/C16H26N2O4/c1-3-4-5-6-13(22-11(2)19)7-8-18-15-10-12(20)9-14(15)17-16(18)21/h13-15H,3-10H2,1-2H3,(H,17,21)/t13?,14-,15+/m0/s1. The fourth-order valence-electron chi connectivity index (χ4n) is 3.38. The average Bonchev–Trinajstić information content (AvgIpc) is 2.91. The van der Waals surface area contributed by atoms with E-state index in [0.29, 0.717) is 25.8 Å². The first kappa shape index (κ1) is 16.8. The highest BCUT2D eigenvalue weighted by molar-refractivity contribution is 5.88. The summed E-state index contributed by atoms with van der Waals surface area (Å²) >= 11 is 0. The SMILES string of the molecule is CCCCCC(CCN1C(=O)N[C@H]2CC(=O)C[C@H]21)OC(C)=O. The maximum Gasteiger partial charge on any atom is 0.318 e. The third kappa shape index (κ3) is 4.21. The van der Waals surface area contributed by atoms with E-state index in [4.69, 9.17) is 4.74 Å². The Morgan fingerprint density at radius 2 is 2.09 bits per heavy atom. The molecule has 1 N–H and O–H groups in total. The van der Waals surface area contributed by atoms with Crippen molar-refractivity contribution in [2.45, 2.75) is 77.0 Å². The lowest BCUT2D eigenvalue weighted by Crippen LogP contribution is -2.37. The number of carbonyl (C=O) groups excluding carboxylic acids is 3. The van der Waals surface area contributed by atoms with Crippen LogP contribution in [0.1, 0.15) is 58.8 Å². The number of nitrogens with zero attached hydrogens (tertiary/aromatic N) is 1. The third-order valence-electron chi connectivity index (χ3n) is 4.47. The van der Waals surface area contributed by atoms with Crippen LogP contribution in [0, 0.1) is 0 Å². The zero-order valence-electron chi connectivity index (χ0n) is 13.5. The summed E-state index contributed by atoms with van der Waals surface area (Å²) < 4.78 is 5.36. The van der Waals surface area contributed by atoms with Gasteiger partial charge in [-0.2, -0.15) is 0 Å². The van der Waals surface area contributed by atoms with Crippen molar-refractivity contribution in [1.82, 2.24) is 10.2 Å². The van der Waals surface area contributed by atoms with Gasteiger partial charge in [0.15, 0.2) is 0 Å². The molecule has 6 heteroatoms. The number of hydrogen-bond donors (Lipinski definition) is 1. The van der Waals surface area contributed by atoms with E-state index in [1.807, 2.05) is 0 Å². The molecular formula is C16H26N2O4. The van der Waals surface area contributed by atoms with Crippen molar-refractivity contribution in [1.29, 1.82) is 0 Å². The molecule has 1 saturated heterocycles. The number of carbonyl (C=O) groups is 3. The minimum atomic E-state index is -0.277. The molecule has 0 aromatic carbocycles. The number of amides is 2. The number of Topliss-reactive ketones (excluding diaryl/α,β-unsaturated/α-hetero) is 1. The number of hydrogen-bond acceptors (Lipinski definition) is 4. The molecule has 0 spiro atoms. The predicted octanol–water partition coefficient (Wildman–Crippen LogP) is 2.01. The highest BCUT2D eigenvalue weighted by Crippen LogP contribution is 2.27. The van der Waals surface area contributed by atoms with Gasteiger partial charge in [-0.15, -0.1) is 0 Å². The molecule has 1 aliphatic heterocycles. The van der Waals surface area contributed by atoms with E-state index in [1.54, 1.807) is 4.90 Å². The largest absolute Gasteiger partial charge is 0.462 e. The van der Waals surface area contributed by atoms with Crippen LogP contribution >= 0.6 is 0 Å². The van der Waals surface area contributed by atoms with Gasteiger partial charge >= 0.3 is 12.0 Å². The summed E-state index contributed by atoms with van der Waals surface area (Å²) in [6.45, 7) is 4.08. The molecule has 1 aliphatic carbocycles. The first-order chi connectivity index (χ1) is 10.5. The van der Waals surface area contributed by atoms with Crippen LogP contribution in [0.15, 0.2) is 0 Å². The van der Waals surface area contributed by atoms with Gasteiger partial charge in [0, 0.05) is 32.7 Å². The topological polar surface area (TPSA) is 75.7 Å². The quantitative estimate of drug-likeness (QED) is 0.549.